The Morgan fingerprint density at radius 2 is 2.00 bits per heavy atom. The minimum Gasteiger partial charge on any atom is -0.508 e. The summed E-state index contributed by atoms with van der Waals surface area (Å²) in [6.07, 6.45) is 1.41. The molecule has 0 amide bonds. The third-order valence-corrected chi connectivity index (χ3v) is 3.65. The van der Waals surface area contributed by atoms with Gasteiger partial charge in [0, 0.05) is 5.92 Å². The smallest absolute Gasteiger partial charge is 0.417 e. The van der Waals surface area contributed by atoms with Crippen LogP contribution in [0.1, 0.15) is 13.8 Å². The van der Waals surface area contributed by atoms with E-state index in [4.69, 9.17) is 7.85 Å². The molecular weight excluding hydrogens is 264 g/mol. The van der Waals surface area contributed by atoms with Gasteiger partial charge in [0.15, 0.2) is 0 Å². The first-order chi connectivity index (χ1) is 9.22. The molecule has 1 aliphatic carbocycles. The van der Waals surface area contributed by atoms with Crippen molar-refractivity contribution in [3.05, 3.63) is 47.8 Å². The molecule has 0 aliphatic heterocycles. The third kappa shape index (κ3) is 3.59. The Balaban J connectivity index is 3.18. The van der Waals surface area contributed by atoms with Crippen molar-refractivity contribution in [1.82, 2.24) is 0 Å². The van der Waals surface area contributed by atoms with Gasteiger partial charge < -0.3 is 5.11 Å². The van der Waals surface area contributed by atoms with Crippen LogP contribution < -0.4 is 0 Å². The molecule has 3 atom stereocenters. The lowest BCUT2D eigenvalue weighted by Crippen LogP contribution is -2.24. The van der Waals surface area contributed by atoms with Crippen LogP contribution in [0.3, 0.4) is 0 Å². The van der Waals surface area contributed by atoms with Crippen molar-refractivity contribution < 1.29 is 18.3 Å². The summed E-state index contributed by atoms with van der Waals surface area (Å²) in [6, 6.07) is 0. The van der Waals surface area contributed by atoms with Gasteiger partial charge in [0.2, 0.25) is 0 Å². The van der Waals surface area contributed by atoms with Gasteiger partial charge in [0.1, 0.15) is 5.76 Å². The van der Waals surface area contributed by atoms with Gasteiger partial charge in [-0.2, -0.15) is 13.2 Å². The van der Waals surface area contributed by atoms with Crippen LogP contribution in [0, 0.1) is 17.8 Å². The number of hydrogen-bond donors (Lipinski definition) is 1. The number of rotatable bonds is 4. The molecule has 0 aromatic rings. The second-order valence-electron chi connectivity index (χ2n) is 5.08. The fraction of sp³-hybridized carbons (Fsp3) is 0.467. The SMILES string of the molecule is [B]CC(C)C(C)/C=C1/C=CC(O)=C(C(F)(F)F)[C@@H]1C=C. The maximum absolute atomic E-state index is 13.0. The van der Waals surface area contributed by atoms with Crippen LogP contribution in [0.4, 0.5) is 13.2 Å². The number of hydrogen-bond acceptors (Lipinski definition) is 1. The van der Waals surface area contributed by atoms with Crippen molar-refractivity contribution in [2.75, 3.05) is 0 Å². The van der Waals surface area contributed by atoms with E-state index in [9.17, 15) is 18.3 Å². The molecule has 0 aromatic heterocycles. The van der Waals surface area contributed by atoms with Crippen LogP contribution in [-0.2, 0) is 0 Å². The molecular formula is C15H18BF3O. The van der Waals surface area contributed by atoms with Gasteiger partial charge >= 0.3 is 6.18 Å². The molecule has 1 rings (SSSR count). The van der Waals surface area contributed by atoms with E-state index >= 15 is 0 Å². The van der Waals surface area contributed by atoms with E-state index < -0.39 is 23.4 Å². The Bertz CT molecular complexity index is 460. The zero-order chi connectivity index (χ0) is 15.5. The van der Waals surface area contributed by atoms with E-state index in [1.807, 2.05) is 13.8 Å². The molecule has 108 valence electrons. The van der Waals surface area contributed by atoms with E-state index in [-0.39, 0.29) is 11.8 Å². The highest BCUT2D eigenvalue weighted by Crippen LogP contribution is 2.41. The second-order valence-corrected chi connectivity index (χ2v) is 5.08. The van der Waals surface area contributed by atoms with Gasteiger partial charge in [-0.1, -0.05) is 38.4 Å². The van der Waals surface area contributed by atoms with E-state index in [0.29, 0.717) is 11.9 Å². The molecule has 2 unspecified atom stereocenters. The minimum absolute atomic E-state index is 0.0387. The number of aliphatic hydroxyl groups excluding tert-OH is 1. The van der Waals surface area contributed by atoms with E-state index in [0.717, 1.165) is 6.08 Å². The summed E-state index contributed by atoms with van der Waals surface area (Å²) >= 11 is 0. The zero-order valence-electron chi connectivity index (χ0n) is 11.6. The van der Waals surface area contributed by atoms with Gasteiger partial charge in [-0.25, -0.2) is 0 Å². The third-order valence-electron chi connectivity index (χ3n) is 3.65. The van der Waals surface area contributed by atoms with E-state index in [1.54, 1.807) is 6.08 Å². The quantitative estimate of drug-likeness (QED) is 0.593. The Morgan fingerprint density at radius 1 is 1.40 bits per heavy atom. The highest BCUT2D eigenvalue weighted by Gasteiger charge is 2.42. The first kappa shape index (κ1) is 16.7. The van der Waals surface area contributed by atoms with Crippen LogP contribution in [0.5, 0.6) is 0 Å². The highest BCUT2D eigenvalue weighted by molar-refractivity contribution is 6.08. The first-order valence-electron chi connectivity index (χ1n) is 6.45. The summed E-state index contributed by atoms with van der Waals surface area (Å²) in [5.74, 6) is -1.60. The predicted molar refractivity (Wildman–Crippen MR) is 75.5 cm³/mol. The highest BCUT2D eigenvalue weighted by atomic mass is 19.4. The van der Waals surface area contributed by atoms with Crippen molar-refractivity contribution in [3.8, 4) is 0 Å². The number of halogens is 3. The Morgan fingerprint density at radius 3 is 2.45 bits per heavy atom. The van der Waals surface area contributed by atoms with Crippen LogP contribution in [0.25, 0.3) is 0 Å². The van der Waals surface area contributed by atoms with E-state index in [2.05, 4.69) is 6.58 Å². The van der Waals surface area contributed by atoms with Crippen LogP contribution in [-0.4, -0.2) is 19.1 Å². The van der Waals surface area contributed by atoms with Gasteiger partial charge in [-0.3, -0.25) is 0 Å². The number of alkyl halides is 3. The van der Waals surface area contributed by atoms with Gasteiger partial charge in [0.25, 0.3) is 0 Å². The summed E-state index contributed by atoms with van der Waals surface area (Å²) in [5, 5.41) is 9.49. The molecule has 2 radical (unpaired) electrons. The summed E-state index contributed by atoms with van der Waals surface area (Å²) in [5.41, 5.74) is -0.480. The van der Waals surface area contributed by atoms with Crippen molar-refractivity contribution in [2.45, 2.75) is 26.3 Å². The normalized spacial score (nSPS) is 24.9. The summed E-state index contributed by atoms with van der Waals surface area (Å²) in [6.45, 7) is 7.31. The lowest BCUT2D eigenvalue weighted by Gasteiger charge is -2.26. The molecule has 0 saturated heterocycles. The van der Waals surface area contributed by atoms with Gasteiger partial charge in [0.05, 0.1) is 13.4 Å². The van der Waals surface area contributed by atoms with Crippen molar-refractivity contribution in [3.63, 3.8) is 0 Å². The average molecular weight is 282 g/mol. The topological polar surface area (TPSA) is 20.2 Å². The fourth-order valence-electron chi connectivity index (χ4n) is 2.11. The predicted octanol–water partition coefficient (Wildman–Crippen LogP) is 4.52. The number of allylic oxidation sites excluding steroid dienone is 6. The Labute approximate surface area is 119 Å². The van der Waals surface area contributed by atoms with Crippen molar-refractivity contribution >= 4 is 7.85 Å². The largest absolute Gasteiger partial charge is 0.508 e. The molecule has 0 heterocycles. The van der Waals surface area contributed by atoms with Gasteiger partial charge in [-0.15, -0.1) is 6.58 Å². The molecule has 0 fully saturated rings. The summed E-state index contributed by atoms with van der Waals surface area (Å²) in [7, 11) is 5.57. The monoisotopic (exact) mass is 282 g/mol. The Kier molecular flexibility index (Phi) is 5.31. The van der Waals surface area contributed by atoms with Crippen LogP contribution in [0.15, 0.2) is 47.8 Å². The average Bonchev–Trinajstić information content (AvgIpc) is 2.37. The standard InChI is InChI=1S/C15H18BF3O/c1-4-12-11(7-9(2)10(3)8-16)5-6-13(20)14(12)15(17,18)19/h4-7,9-10,12,20H,1,8H2,2-3H3/b11-7-/t9?,10?,12-/m1/s1. The Hall–Kier alpha value is -1.39. The van der Waals surface area contributed by atoms with Crippen molar-refractivity contribution in [2.24, 2.45) is 17.8 Å². The van der Waals surface area contributed by atoms with Crippen LogP contribution in [0.2, 0.25) is 6.32 Å². The van der Waals surface area contributed by atoms with E-state index in [1.165, 1.54) is 12.2 Å². The molecule has 0 aromatic carbocycles. The van der Waals surface area contributed by atoms with Crippen molar-refractivity contribution in [1.29, 1.82) is 0 Å². The molecule has 1 nitrogen and oxygen atoms in total. The molecule has 0 saturated carbocycles. The number of aliphatic hydroxyl groups is 1. The first-order valence-corrected chi connectivity index (χ1v) is 6.45. The zero-order valence-corrected chi connectivity index (χ0v) is 11.6. The molecule has 1 N–H and O–H groups in total. The maximum atomic E-state index is 13.0. The fourth-order valence-corrected chi connectivity index (χ4v) is 2.11. The molecule has 0 bridgehead atoms. The molecule has 20 heavy (non-hydrogen) atoms. The lowest BCUT2D eigenvalue weighted by molar-refractivity contribution is -0.0987. The lowest BCUT2D eigenvalue weighted by atomic mass is 9.79. The minimum atomic E-state index is -4.59. The van der Waals surface area contributed by atoms with Gasteiger partial charge in [-0.05, 0) is 23.5 Å². The molecule has 0 spiro atoms. The second kappa shape index (κ2) is 6.38. The molecule has 1 aliphatic rings. The summed E-state index contributed by atoms with van der Waals surface area (Å²) < 4.78 is 39.1. The van der Waals surface area contributed by atoms with Crippen LogP contribution >= 0.6 is 0 Å². The maximum Gasteiger partial charge on any atom is 0.417 e. The summed E-state index contributed by atoms with van der Waals surface area (Å²) in [4.78, 5) is 0. The molecule has 5 heteroatoms.